The summed E-state index contributed by atoms with van der Waals surface area (Å²) in [6.07, 6.45) is 1.68. The topological polar surface area (TPSA) is 107 Å². The van der Waals surface area contributed by atoms with Gasteiger partial charge in [-0.15, -0.1) is 11.3 Å². The number of thiazole rings is 1. The Kier molecular flexibility index (Phi) is 3.29. The standard InChI is InChI=1S/C8H9N5O2S2/c1-13-8(11-5(14)6(15)12-13)16-3-4-2-10-7(9)17-4/h2H,3H2,1H3,(H2,9,10)(H,12,15). The van der Waals surface area contributed by atoms with Crippen LogP contribution in [0.5, 0.6) is 0 Å². The van der Waals surface area contributed by atoms with E-state index in [2.05, 4.69) is 15.1 Å². The predicted octanol–water partition coefficient (Wildman–Crippen LogP) is -0.200. The van der Waals surface area contributed by atoms with E-state index >= 15 is 0 Å². The van der Waals surface area contributed by atoms with Crippen molar-refractivity contribution in [3.05, 3.63) is 31.8 Å². The van der Waals surface area contributed by atoms with Gasteiger partial charge in [0.1, 0.15) is 0 Å². The Balaban J connectivity index is 2.17. The monoisotopic (exact) mass is 271 g/mol. The zero-order valence-electron chi connectivity index (χ0n) is 8.84. The van der Waals surface area contributed by atoms with Crippen LogP contribution in [0.15, 0.2) is 20.9 Å². The number of nitrogen functional groups attached to an aromatic ring is 1. The average Bonchev–Trinajstić information content (AvgIpc) is 2.68. The molecule has 0 aliphatic carbocycles. The van der Waals surface area contributed by atoms with Crippen LogP contribution in [-0.4, -0.2) is 19.7 Å². The number of aromatic amines is 1. The smallest absolute Gasteiger partial charge is 0.339 e. The fourth-order valence-electron chi connectivity index (χ4n) is 1.11. The molecule has 0 spiro atoms. The van der Waals surface area contributed by atoms with Crippen molar-refractivity contribution in [3.8, 4) is 0 Å². The number of thioether (sulfide) groups is 1. The highest BCUT2D eigenvalue weighted by Crippen LogP contribution is 2.23. The first-order chi connectivity index (χ1) is 8.06. The Morgan fingerprint density at radius 1 is 1.59 bits per heavy atom. The molecule has 90 valence electrons. The predicted molar refractivity (Wildman–Crippen MR) is 66.2 cm³/mol. The SMILES string of the molecule is Cn1[nH]c(=O)c(=O)nc1SCc1cnc(N)s1. The second kappa shape index (κ2) is 4.72. The first kappa shape index (κ1) is 11.9. The van der Waals surface area contributed by atoms with Crippen LogP contribution in [0.2, 0.25) is 0 Å². The largest absolute Gasteiger partial charge is 0.375 e. The van der Waals surface area contributed by atoms with Gasteiger partial charge in [0.25, 0.3) is 0 Å². The molecule has 7 nitrogen and oxygen atoms in total. The highest BCUT2D eigenvalue weighted by molar-refractivity contribution is 7.98. The highest BCUT2D eigenvalue weighted by Gasteiger charge is 2.06. The lowest BCUT2D eigenvalue weighted by molar-refractivity contribution is 0.596. The van der Waals surface area contributed by atoms with Crippen LogP contribution in [-0.2, 0) is 12.8 Å². The molecule has 0 aliphatic rings. The Morgan fingerprint density at radius 3 is 3.00 bits per heavy atom. The van der Waals surface area contributed by atoms with Gasteiger partial charge in [-0.25, -0.2) is 4.98 Å². The van der Waals surface area contributed by atoms with E-state index in [0.717, 1.165) is 4.88 Å². The molecule has 0 bridgehead atoms. The third-order valence-corrected chi connectivity index (χ3v) is 3.95. The van der Waals surface area contributed by atoms with Crippen LogP contribution >= 0.6 is 23.1 Å². The Morgan fingerprint density at radius 2 is 2.35 bits per heavy atom. The van der Waals surface area contributed by atoms with Crippen molar-refractivity contribution in [1.82, 2.24) is 19.7 Å². The zero-order chi connectivity index (χ0) is 12.4. The van der Waals surface area contributed by atoms with E-state index in [4.69, 9.17) is 5.73 Å². The van der Waals surface area contributed by atoms with Crippen LogP contribution in [0.1, 0.15) is 4.88 Å². The summed E-state index contributed by atoms with van der Waals surface area (Å²) in [5, 5.41) is 3.33. The van der Waals surface area contributed by atoms with Crippen molar-refractivity contribution in [2.24, 2.45) is 7.05 Å². The van der Waals surface area contributed by atoms with E-state index in [9.17, 15) is 9.59 Å². The second-order valence-corrected chi connectivity index (χ2v) is 5.24. The Hall–Kier alpha value is -1.61. The molecule has 0 aromatic carbocycles. The number of hydrogen-bond donors (Lipinski definition) is 2. The number of nitrogens with zero attached hydrogens (tertiary/aromatic N) is 3. The third kappa shape index (κ3) is 2.74. The molecule has 0 unspecified atom stereocenters. The summed E-state index contributed by atoms with van der Waals surface area (Å²) in [4.78, 5) is 30.7. The lowest BCUT2D eigenvalue weighted by Gasteiger charge is -2.03. The molecule has 17 heavy (non-hydrogen) atoms. The van der Waals surface area contributed by atoms with Gasteiger partial charge in [0.15, 0.2) is 10.3 Å². The molecule has 9 heteroatoms. The van der Waals surface area contributed by atoms with E-state index in [1.807, 2.05) is 0 Å². The summed E-state index contributed by atoms with van der Waals surface area (Å²) in [6.45, 7) is 0. The van der Waals surface area contributed by atoms with Crippen molar-refractivity contribution in [1.29, 1.82) is 0 Å². The van der Waals surface area contributed by atoms with Gasteiger partial charge in [-0.2, -0.15) is 4.98 Å². The summed E-state index contributed by atoms with van der Waals surface area (Å²) < 4.78 is 1.42. The van der Waals surface area contributed by atoms with Gasteiger partial charge in [0.2, 0.25) is 0 Å². The van der Waals surface area contributed by atoms with Gasteiger partial charge < -0.3 is 5.73 Å². The first-order valence-electron chi connectivity index (χ1n) is 4.56. The molecule has 0 fully saturated rings. The minimum atomic E-state index is -0.783. The van der Waals surface area contributed by atoms with E-state index in [1.54, 1.807) is 13.2 Å². The van der Waals surface area contributed by atoms with Gasteiger partial charge in [-0.05, 0) is 0 Å². The average molecular weight is 271 g/mol. The van der Waals surface area contributed by atoms with Crippen LogP contribution < -0.4 is 16.9 Å². The number of nitrogens with one attached hydrogen (secondary N) is 1. The molecule has 2 aromatic rings. The number of anilines is 1. The molecule has 0 amide bonds. The third-order valence-electron chi connectivity index (χ3n) is 1.86. The quantitative estimate of drug-likeness (QED) is 0.591. The number of H-pyrrole nitrogens is 1. The van der Waals surface area contributed by atoms with Crippen molar-refractivity contribution in [3.63, 3.8) is 0 Å². The normalized spacial score (nSPS) is 10.6. The number of nitrogens with two attached hydrogens (primary N) is 1. The van der Waals surface area contributed by atoms with Crippen LogP contribution in [0.3, 0.4) is 0 Å². The van der Waals surface area contributed by atoms with Gasteiger partial charge in [-0.1, -0.05) is 11.8 Å². The van der Waals surface area contributed by atoms with Crippen LogP contribution in [0, 0.1) is 0 Å². The number of aryl methyl sites for hydroxylation is 1. The van der Waals surface area contributed by atoms with Crippen molar-refractivity contribution in [2.75, 3.05) is 5.73 Å². The molecule has 3 N–H and O–H groups in total. The molecule has 2 aromatic heterocycles. The van der Waals surface area contributed by atoms with Crippen LogP contribution in [0.4, 0.5) is 5.13 Å². The fraction of sp³-hybridized carbons (Fsp3) is 0.250. The van der Waals surface area contributed by atoms with Gasteiger partial charge >= 0.3 is 11.1 Å². The first-order valence-corrected chi connectivity index (χ1v) is 6.37. The maximum atomic E-state index is 11.1. The number of aromatic nitrogens is 4. The zero-order valence-corrected chi connectivity index (χ0v) is 10.5. The Labute approximate surface area is 104 Å². The fourth-order valence-corrected chi connectivity index (χ4v) is 2.74. The number of hydrogen-bond acceptors (Lipinski definition) is 7. The summed E-state index contributed by atoms with van der Waals surface area (Å²) in [6, 6.07) is 0. The summed E-state index contributed by atoms with van der Waals surface area (Å²) in [5.41, 5.74) is 4.00. The molecule has 2 rings (SSSR count). The van der Waals surface area contributed by atoms with E-state index < -0.39 is 11.1 Å². The second-order valence-electron chi connectivity index (χ2n) is 3.15. The van der Waals surface area contributed by atoms with Gasteiger partial charge in [-0.3, -0.25) is 19.4 Å². The molecule has 0 aliphatic heterocycles. The van der Waals surface area contributed by atoms with Gasteiger partial charge in [0.05, 0.1) is 0 Å². The van der Waals surface area contributed by atoms with Crippen LogP contribution in [0.25, 0.3) is 0 Å². The molecule has 0 saturated heterocycles. The lowest BCUT2D eigenvalue weighted by Crippen LogP contribution is -2.33. The number of rotatable bonds is 3. The van der Waals surface area contributed by atoms with E-state index in [-0.39, 0.29) is 0 Å². The van der Waals surface area contributed by atoms with Crippen molar-refractivity contribution < 1.29 is 0 Å². The minimum Gasteiger partial charge on any atom is -0.375 e. The van der Waals surface area contributed by atoms with Crippen molar-refractivity contribution in [2.45, 2.75) is 10.9 Å². The van der Waals surface area contributed by atoms with E-state index in [0.29, 0.717) is 16.0 Å². The maximum absolute atomic E-state index is 11.1. The minimum absolute atomic E-state index is 0.446. The summed E-state index contributed by atoms with van der Waals surface area (Å²) in [7, 11) is 1.62. The summed E-state index contributed by atoms with van der Waals surface area (Å²) >= 11 is 2.71. The van der Waals surface area contributed by atoms with Gasteiger partial charge in [0, 0.05) is 23.9 Å². The molecule has 0 saturated carbocycles. The molecular formula is C8H9N5O2S2. The molecule has 2 heterocycles. The van der Waals surface area contributed by atoms with Crippen molar-refractivity contribution >= 4 is 28.2 Å². The molecule has 0 atom stereocenters. The maximum Gasteiger partial charge on any atom is 0.339 e. The van der Waals surface area contributed by atoms with E-state index in [1.165, 1.54) is 27.8 Å². The molecule has 0 radical (unpaired) electrons. The highest BCUT2D eigenvalue weighted by atomic mass is 32.2. The lowest BCUT2D eigenvalue weighted by atomic mass is 10.6. The Bertz CT molecular complexity index is 644. The summed E-state index contributed by atoms with van der Waals surface area (Å²) in [5.74, 6) is 0.598. The molecular weight excluding hydrogens is 262 g/mol.